The van der Waals surface area contributed by atoms with Crippen LogP contribution in [0.3, 0.4) is 0 Å². The molecule has 3 aliphatic heterocycles. The number of fused-ring (bicyclic) bond motifs is 5. The van der Waals surface area contributed by atoms with Gasteiger partial charge in [0.1, 0.15) is 53.6 Å². The van der Waals surface area contributed by atoms with Crippen LogP contribution in [0, 0.1) is 11.8 Å². The zero-order valence-corrected chi connectivity index (χ0v) is 37.9. The summed E-state index contributed by atoms with van der Waals surface area (Å²) in [4.78, 5) is 128. The third-order valence-corrected chi connectivity index (χ3v) is 13.3. The standard InChI is InChI=1S/C42H58N10O14S/c1-5-9-66-22-7-8-23-24-12-26-36(59)44-15-33(58)50-34(19(3)6-2)39(62)45-14-32(57)46-28(18-67(65)41(24)49-25(23)11-22)37(60)48-27(13-31(43)56)42(64)52-16-21(54)10-29(52)38(61)51-35(40(63)47-26)20(4)30(55)17-53/h5,7-8,11,19-21,26-30,34-35,49,53-55H,1,6,9-10,12-18H2,2-4H3,(H2,43,56)(H,44,59)(H,45,62)(H,46,57)(H,47,63)(H,48,60)(H,50,58)(H,51,61). The monoisotopic (exact) mass is 958 g/mol. The fourth-order valence-electron chi connectivity index (χ4n) is 7.94. The third kappa shape index (κ3) is 12.7. The second-order valence-electron chi connectivity index (χ2n) is 16.7. The number of aromatic nitrogens is 1. The Labute approximate surface area is 386 Å². The van der Waals surface area contributed by atoms with E-state index >= 15 is 0 Å². The van der Waals surface area contributed by atoms with Gasteiger partial charge in [-0.1, -0.05) is 39.8 Å². The van der Waals surface area contributed by atoms with Crippen LogP contribution in [0.2, 0.25) is 0 Å². The molecule has 3 aliphatic rings. The highest BCUT2D eigenvalue weighted by Gasteiger charge is 2.45. The van der Waals surface area contributed by atoms with E-state index in [1.807, 2.05) is 0 Å². The maximum atomic E-state index is 14.8. The van der Waals surface area contributed by atoms with Gasteiger partial charge in [-0.15, -0.1) is 0 Å². The molecule has 1 aromatic heterocycles. The van der Waals surface area contributed by atoms with Crippen LogP contribution < -0.4 is 47.7 Å². The first-order chi connectivity index (χ1) is 31.8. The highest BCUT2D eigenvalue weighted by molar-refractivity contribution is 7.85. The first-order valence-corrected chi connectivity index (χ1v) is 23.0. The zero-order valence-electron chi connectivity index (χ0n) is 37.1. The van der Waals surface area contributed by atoms with Crippen molar-refractivity contribution in [3.05, 3.63) is 36.4 Å². The van der Waals surface area contributed by atoms with Gasteiger partial charge in [0.05, 0.1) is 60.4 Å². The Morgan fingerprint density at radius 1 is 0.925 bits per heavy atom. The Bertz CT molecular complexity index is 2290. The van der Waals surface area contributed by atoms with Crippen LogP contribution in [0.25, 0.3) is 10.9 Å². The van der Waals surface area contributed by atoms with Gasteiger partial charge >= 0.3 is 0 Å². The highest BCUT2D eigenvalue weighted by Crippen LogP contribution is 2.30. The highest BCUT2D eigenvalue weighted by atomic mass is 32.2. The molecule has 1 saturated heterocycles. The SMILES string of the molecule is C=CCOc1ccc2c3c([nH]c2c1)S(=O)CC1NC(=O)CNC(=O)C(C(C)CC)NC(=O)CNC(=O)C(C3)NC(=O)C(C(C)C(O)CO)NC(=O)C2CC(O)CN2C(=O)C(CC(N)=O)NC1=O. The summed E-state index contributed by atoms with van der Waals surface area (Å²) in [6.45, 7) is 5.56. The van der Waals surface area contributed by atoms with E-state index in [9.17, 15) is 62.7 Å². The number of nitrogens with two attached hydrogens (primary N) is 1. The molecule has 0 aliphatic carbocycles. The summed E-state index contributed by atoms with van der Waals surface area (Å²) in [5.74, 6) is -11.3. The molecule has 4 heterocycles. The van der Waals surface area contributed by atoms with Gasteiger partial charge in [-0.05, 0) is 23.6 Å². The average Bonchev–Trinajstić information content (AvgIpc) is 3.87. The van der Waals surface area contributed by atoms with Gasteiger partial charge < -0.3 is 72.9 Å². The molecule has 1 aromatic carbocycles. The molecule has 5 rings (SSSR count). The molecule has 1 fully saturated rings. The number of aliphatic hydroxyl groups is 3. The molecule has 11 atom stereocenters. The van der Waals surface area contributed by atoms with Crippen LogP contribution >= 0.6 is 0 Å². The fraction of sp³-hybridized carbons (Fsp3) is 0.548. The van der Waals surface area contributed by atoms with E-state index in [1.54, 1.807) is 32.0 Å². The predicted molar refractivity (Wildman–Crippen MR) is 236 cm³/mol. The number of carbonyl (C=O) groups excluding carboxylic acids is 9. The molecule has 13 N–H and O–H groups in total. The molecule has 24 nitrogen and oxygen atoms in total. The summed E-state index contributed by atoms with van der Waals surface area (Å²) in [6, 6.07) is -5.22. The number of primary amides is 1. The molecule has 0 spiro atoms. The van der Waals surface area contributed by atoms with Gasteiger partial charge in [-0.25, -0.2) is 0 Å². The number of hydrogen-bond acceptors (Lipinski definition) is 14. The molecule has 0 saturated carbocycles. The molecular weight excluding hydrogens is 901 g/mol. The summed E-state index contributed by atoms with van der Waals surface area (Å²) in [5.41, 5.74) is 5.94. The number of rotatable bonds is 10. The number of benzene rings is 1. The lowest BCUT2D eigenvalue weighted by Crippen LogP contribution is -2.62. The van der Waals surface area contributed by atoms with E-state index < -0.39 is 176 Å². The topological polar surface area (TPSA) is 370 Å². The van der Waals surface area contributed by atoms with Crippen molar-refractivity contribution >= 4 is 74.9 Å². The summed E-state index contributed by atoms with van der Waals surface area (Å²) in [6.07, 6.45) is -2.87. The second kappa shape index (κ2) is 22.8. The van der Waals surface area contributed by atoms with Crippen molar-refractivity contribution in [1.82, 2.24) is 47.1 Å². The van der Waals surface area contributed by atoms with E-state index in [4.69, 9.17) is 10.5 Å². The lowest BCUT2D eigenvalue weighted by atomic mass is 9.93. The number of nitrogens with one attached hydrogen (secondary N) is 8. The fourth-order valence-corrected chi connectivity index (χ4v) is 9.33. The van der Waals surface area contributed by atoms with Crippen LogP contribution in [-0.4, -0.2) is 170 Å². The molecule has 67 heavy (non-hydrogen) atoms. The van der Waals surface area contributed by atoms with Crippen molar-refractivity contribution in [3.8, 4) is 5.75 Å². The van der Waals surface area contributed by atoms with E-state index in [2.05, 4.69) is 48.8 Å². The zero-order chi connectivity index (χ0) is 49.3. The van der Waals surface area contributed by atoms with Gasteiger partial charge in [0, 0.05) is 36.8 Å². The lowest BCUT2D eigenvalue weighted by Gasteiger charge is -2.32. The Morgan fingerprint density at radius 2 is 1.61 bits per heavy atom. The Kier molecular flexibility index (Phi) is 17.6. The van der Waals surface area contributed by atoms with E-state index in [0.29, 0.717) is 23.1 Å². The van der Waals surface area contributed by atoms with Crippen molar-refractivity contribution in [1.29, 1.82) is 0 Å². The van der Waals surface area contributed by atoms with Crippen LogP contribution in [0.1, 0.15) is 45.6 Å². The van der Waals surface area contributed by atoms with Crippen molar-refractivity contribution in [3.63, 3.8) is 0 Å². The van der Waals surface area contributed by atoms with Gasteiger partial charge in [0.25, 0.3) is 0 Å². The Morgan fingerprint density at radius 3 is 2.27 bits per heavy atom. The largest absolute Gasteiger partial charge is 0.489 e. The van der Waals surface area contributed by atoms with Crippen molar-refractivity contribution < 1.29 is 67.4 Å². The van der Waals surface area contributed by atoms with Gasteiger partial charge in [0.2, 0.25) is 53.2 Å². The molecular formula is C42H58N10O14S. The molecule has 0 radical (unpaired) electrons. The smallest absolute Gasteiger partial charge is 0.246 e. The predicted octanol–water partition coefficient (Wildman–Crippen LogP) is -5.06. The second-order valence-corrected chi connectivity index (χ2v) is 18.2. The van der Waals surface area contributed by atoms with Crippen molar-refractivity contribution in [2.75, 3.05) is 38.6 Å². The number of H-pyrrole nitrogens is 1. The molecule has 2 bridgehead atoms. The number of aliphatic hydroxyl groups excluding tert-OH is 3. The van der Waals surface area contributed by atoms with Crippen LogP contribution in [0.4, 0.5) is 0 Å². The quantitative estimate of drug-likeness (QED) is 0.0993. The van der Waals surface area contributed by atoms with Gasteiger partial charge in [0.15, 0.2) is 0 Å². The maximum absolute atomic E-state index is 14.8. The molecule has 366 valence electrons. The molecule has 2 aromatic rings. The number of ether oxygens (including phenoxy) is 1. The van der Waals surface area contributed by atoms with Gasteiger partial charge in [-0.2, -0.15) is 0 Å². The van der Waals surface area contributed by atoms with Crippen molar-refractivity contribution in [2.24, 2.45) is 17.6 Å². The van der Waals surface area contributed by atoms with Crippen LogP contribution in [-0.2, 0) is 60.4 Å². The van der Waals surface area contributed by atoms with E-state index in [1.165, 1.54) is 13.0 Å². The average molecular weight is 959 g/mol. The third-order valence-electron chi connectivity index (χ3n) is 11.9. The number of aromatic amines is 1. The van der Waals surface area contributed by atoms with E-state index in [0.717, 1.165) is 4.90 Å². The summed E-state index contributed by atoms with van der Waals surface area (Å²) >= 11 is 0. The number of amides is 9. The first-order valence-electron chi connectivity index (χ1n) is 21.6. The number of carbonyl (C=O) groups is 9. The minimum absolute atomic E-state index is 0.105. The minimum atomic E-state index is -2.36. The van der Waals surface area contributed by atoms with Crippen LogP contribution in [0.15, 0.2) is 35.9 Å². The molecule has 11 unspecified atom stereocenters. The number of hydrogen-bond donors (Lipinski definition) is 12. The lowest BCUT2D eigenvalue weighted by molar-refractivity contribution is -0.144. The normalized spacial score (nSPS) is 27.6. The summed E-state index contributed by atoms with van der Waals surface area (Å²) in [7, 11) is -2.36. The van der Waals surface area contributed by atoms with Crippen molar-refractivity contribution in [2.45, 2.75) is 99.9 Å². The van der Waals surface area contributed by atoms with E-state index in [-0.39, 0.29) is 17.2 Å². The number of nitrogens with zero attached hydrogens (tertiary/aromatic N) is 1. The first kappa shape index (κ1) is 51.5. The Hall–Kier alpha value is -6.44. The summed E-state index contributed by atoms with van der Waals surface area (Å²) < 4.78 is 20.4. The van der Waals surface area contributed by atoms with Crippen LogP contribution in [0.5, 0.6) is 5.75 Å². The van der Waals surface area contributed by atoms with Gasteiger partial charge in [-0.3, -0.25) is 47.4 Å². The maximum Gasteiger partial charge on any atom is 0.246 e. The summed E-state index contributed by atoms with van der Waals surface area (Å²) in [5, 5.41) is 48.9. The molecule has 9 amide bonds. The Balaban J connectivity index is 1.75. The molecule has 25 heteroatoms. The minimum Gasteiger partial charge on any atom is -0.489 e.